The Morgan fingerprint density at radius 1 is 1.26 bits per heavy atom. The van der Waals surface area contributed by atoms with Crippen molar-refractivity contribution in [2.24, 2.45) is 5.16 Å². The fourth-order valence-corrected chi connectivity index (χ4v) is 1.94. The fraction of sp³-hybridized carbons (Fsp3) is 0.0714. The summed E-state index contributed by atoms with van der Waals surface area (Å²) in [7, 11) is 0. The van der Waals surface area contributed by atoms with E-state index in [1.807, 2.05) is 0 Å². The molecule has 0 spiro atoms. The van der Waals surface area contributed by atoms with E-state index in [1.54, 1.807) is 31.2 Å². The molecule has 19 heavy (non-hydrogen) atoms. The number of nitrogens with zero attached hydrogens (tertiary/aromatic N) is 1. The Labute approximate surface area is 118 Å². The first-order chi connectivity index (χ1) is 9.08. The Morgan fingerprint density at radius 2 is 2.00 bits per heavy atom. The van der Waals surface area contributed by atoms with E-state index in [-0.39, 0.29) is 5.78 Å². The molecule has 0 fully saturated rings. The molecule has 1 aromatic carbocycles. The number of ketones is 1. The Hall–Kier alpha value is -2.01. The van der Waals surface area contributed by atoms with Gasteiger partial charge in [0.25, 0.3) is 0 Å². The van der Waals surface area contributed by atoms with E-state index in [9.17, 15) is 9.59 Å². The first-order valence-electron chi connectivity index (χ1n) is 5.52. The van der Waals surface area contributed by atoms with Crippen molar-refractivity contribution in [3.63, 3.8) is 0 Å². The Morgan fingerprint density at radius 3 is 2.68 bits per heavy atom. The molecule has 5 heteroatoms. The van der Waals surface area contributed by atoms with Crippen LogP contribution in [0.2, 0.25) is 0 Å². The molecule has 0 saturated heterocycles. The number of hydrogen-bond acceptors (Lipinski definition) is 4. The number of rotatable bonds is 2. The quantitative estimate of drug-likeness (QED) is 0.478. The Balaban J connectivity index is 2.13. The largest absolute Gasteiger partial charge is 0.366 e. The Kier molecular flexibility index (Phi) is 4.06. The van der Waals surface area contributed by atoms with Crippen LogP contribution in [0.15, 0.2) is 57.7 Å². The van der Waals surface area contributed by atoms with Crippen LogP contribution < -0.4 is 0 Å². The average molecular weight is 320 g/mol. The zero-order valence-corrected chi connectivity index (χ0v) is 11.7. The van der Waals surface area contributed by atoms with Gasteiger partial charge >= 0.3 is 5.97 Å². The van der Waals surface area contributed by atoms with Crippen molar-refractivity contribution in [3.05, 3.63) is 58.1 Å². The van der Waals surface area contributed by atoms with Crippen molar-refractivity contribution in [1.29, 1.82) is 0 Å². The molecule has 1 aliphatic carbocycles. The molecule has 4 nitrogen and oxygen atoms in total. The highest BCUT2D eigenvalue weighted by Gasteiger charge is 2.12. The Bertz CT molecular complexity index is 629. The van der Waals surface area contributed by atoms with Crippen molar-refractivity contribution >= 4 is 33.4 Å². The molecule has 96 valence electrons. The number of oxime groups is 1. The molecule has 0 N–H and O–H groups in total. The van der Waals surface area contributed by atoms with Crippen LogP contribution in [0.4, 0.5) is 0 Å². The second kappa shape index (κ2) is 5.75. The molecular formula is C14H10BrNO3. The van der Waals surface area contributed by atoms with Crippen LogP contribution >= 0.6 is 15.9 Å². The lowest BCUT2D eigenvalue weighted by molar-refractivity contribution is -0.110. The molecule has 0 heterocycles. The van der Waals surface area contributed by atoms with E-state index in [0.717, 1.165) is 0 Å². The second-order valence-corrected chi connectivity index (χ2v) is 4.75. The summed E-state index contributed by atoms with van der Waals surface area (Å²) in [5, 5.41) is 3.76. The molecule has 0 aliphatic heterocycles. The number of halogens is 1. The van der Waals surface area contributed by atoms with Crippen LogP contribution in [0.5, 0.6) is 0 Å². The van der Waals surface area contributed by atoms with Gasteiger partial charge in [0, 0.05) is 4.47 Å². The van der Waals surface area contributed by atoms with Crippen LogP contribution in [0.3, 0.4) is 0 Å². The lowest BCUT2D eigenvalue weighted by Gasteiger charge is -2.05. The lowest BCUT2D eigenvalue weighted by Crippen LogP contribution is -2.08. The van der Waals surface area contributed by atoms with Gasteiger partial charge in [-0.3, -0.25) is 4.79 Å². The third kappa shape index (κ3) is 3.26. The number of allylic oxidation sites excluding steroid dienone is 4. The minimum absolute atomic E-state index is 0.103. The third-order valence-corrected chi connectivity index (χ3v) is 3.18. The van der Waals surface area contributed by atoms with Crippen LogP contribution in [0.1, 0.15) is 17.3 Å². The molecule has 0 amide bonds. The van der Waals surface area contributed by atoms with Crippen molar-refractivity contribution in [2.45, 2.75) is 6.92 Å². The summed E-state index contributed by atoms with van der Waals surface area (Å²) in [5.74, 6) is -0.661. The molecule has 2 rings (SSSR count). The van der Waals surface area contributed by atoms with Crippen molar-refractivity contribution in [2.75, 3.05) is 0 Å². The maximum atomic E-state index is 11.8. The van der Waals surface area contributed by atoms with Crippen molar-refractivity contribution in [3.8, 4) is 0 Å². The standard InChI is InChI=1S/C14H10BrNO3/c1-9-8-10(17)6-7-13(9)16-19-14(18)11-4-2-3-5-12(11)15/h2-8H,1H3. The van der Waals surface area contributed by atoms with Crippen molar-refractivity contribution < 1.29 is 14.4 Å². The predicted octanol–water partition coefficient (Wildman–Crippen LogP) is 3.05. The summed E-state index contributed by atoms with van der Waals surface area (Å²) in [4.78, 5) is 27.8. The van der Waals surface area contributed by atoms with Crippen molar-refractivity contribution in [1.82, 2.24) is 0 Å². The van der Waals surface area contributed by atoms with E-state index < -0.39 is 5.97 Å². The monoisotopic (exact) mass is 319 g/mol. The summed E-state index contributed by atoms with van der Waals surface area (Å²) >= 11 is 3.26. The average Bonchev–Trinajstić information content (AvgIpc) is 2.38. The van der Waals surface area contributed by atoms with Gasteiger partial charge in [0.15, 0.2) is 5.78 Å². The number of hydrogen-bond donors (Lipinski definition) is 0. The predicted molar refractivity (Wildman–Crippen MR) is 74.9 cm³/mol. The molecule has 1 aromatic rings. The molecule has 0 bridgehead atoms. The highest BCUT2D eigenvalue weighted by molar-refractivity contribution is 9.10. The van der Waals surface area contributed by atoms with E-state index in [2.05, 4.69) is 21.1 Å². The van der Waals surface area contributed by atoms with Crippen LogP contribution in [0.25, 0.3) is 0 Å². The van der Waals surface area contributed by atoms with Crippen LogP contribution in [0, 0.1) is 0 Å². The maximum absolute atomic E-state index is 11.8. The van der Waals surface area contributed by atoms with Crippen LogP contribution in [-0.2, 0) is 9.63 Å². The van der Waals surface area contributed by atoms with Gasteiger partial charge in [0.05, 0.1) is 5.56 Å². The number of carbonyl (C=O) groups is 2. The summed E-state index contributed by atoms with van der Waals surface area (Å²) < 4.78 is 0.641. The van der Waals surface area contributed by atoms with Gasteiger partial charge in [0.2, 0.25) is 0 Å². The van der Waals surface area contributed by atoms with Gasteiger partial charge in [0.1, 0.15) is 5.71 Å². The topological polar surface area (TPSA) is 55.7 Å². The summed E-state index contributed by atoms with van der Waals surface area (Å²) in [6, 6.07) is 6.91. The van der Waals surface area contributed by atoms with Crippen LogP contribution in [-0.4, -0.2) is 17.5 Å². The molecule has 0 radical (unpaired) electrons. The zero-order valence-electron chi connectivity index (χ0n) is 10.1. The van der Waals surface area contributed by atoms with E-state index in [0.29, 0.717) is 21.3 Å². The molecular weight excluding hydrogens is 310 g/mol. The van der Waals surface area contributed by atoms with Gasteiger partial charge in [-0.2, -0.15) is 0 Å². The van der Waals surface area contributed by atoms with E-state index in [1.165, 1.54) is 18.2 Å². The minimum atomic E-state index is -0.557. The smallest absolute Gasteiger partial charge is 0.312 e. The minimum Gasteiger partial charge on any atom is -0.312 e. The van der Waals surface area contributed by atoms with Gasteiger partial charge in [-0.05, 0) is 58.8 Å². The first-order valence-corrected chi connectivity index (χ1v) is 6.32. The third-order valence-electron chi connectivity index (χ3n) is 2.49. The molecule has 1 aliphatic rings. The lowest BCUT2D eigenvalue weighted by atomic mass is 10.1. The van der Waals surface area contributed by atoms with E-state index >= 15 is 0 Å². The van der Waals surface area contributed by atoms with Gasteiger partial charge < -0.3 is 4.84 Å². The molecule has 0 unspecified atom stereocenters. The summed E-state index contributed by atoms with van der Waals surface area (Å²) in [6.07, 6.45) is 4.33. The summed E-state index contributed by atoms with van der Waals surface area (Å²) in [5.41, 5.74) is 1.51. The molecule has 0 atom stereocenters. The highest BCUT2D eigenvalue weighted by atomic mass is 79.9. The van der Waals surface area contributed by atoms with Gasteiger partial charge in [-0.25, -0.2) is 4.79 Å². The highest BCUT2D eigenvalue weighted by Crippen LogP contribution is 2.17. The zero-order chi connectivity index (χ0) is 13.8. The molecule has 0 aromatic heterocycles. The summed E-state index contributed by atoms with van der Waals surface area (Å²) in [6.45, 7) is 1.73. The first kappa shape index (κ1) is 13.4. The van der Waals surface area contributed by atoms with E-state index in [4.69, 9.17) is 4.84 Å². The SMILES string of the molecule is CC1=CC(=O)C=CC1=NOC(=O)c1ccccc1Br. The molecule has 0 saturated carbocycles. The fourth-order valence-electron chi connectivity index (χ4n) is 1.50. The van der Waals surface area contributed by atoms with Gasteiger partial charge in [-0.15, -0.1) is 0 Å². The van der Waals surface area contributed by atoms with Gasteiger partial charge in [-0.1, -0.05) is 17.3 Å². The number of benzene rings is 1. The normalized spacial score (nSPS) is 16.4. The second-order valence-electron chi connectivity index (χ2n) is 3.90. The maximum Gasteiger partial charge on any atom is 0.366 e. The number of carbonyl (C=O) groups excluding carboxylic acids is 2.